The van der Waals surface area contributed by atoms with Crippen molar-refractivity contribution in [3.8, 4) is 0 Å². The largest absolute Gasteiger partial charge is 0.472 e. The highest BCUT2D eigenvalue weighted by Gasteiger charge is 2.27. The van der Waals surface area contributed by atoms with Crippen LogP contribution in [0.1, 0.15) is 361 Å². The summed E-state index contributed by atoms with van der Waals surface area (Å²) >= 11 is 0. The van der Waals surface area contributed by atoms with E-state index >= 15 is 0 Å². The van der Waals surface area contributed by atoms with E-state index in [0.29, 0.717) is 23.9 Å². The minimum absolute atomic E-state index is 0.0306. The zero-order chi connectivity index (χ0) is 68.3. The summed E-state index contributed by atoms with van der Waals surface area (Å²) in [6.07, 6.45) is 105. The van der Waals surface area contributed by atoms with Gasteiger partial charge in [0, 0.05) is 12.8 Å². The van der Waals surface area contributed by atoms with Gasteiger partial charge in [0.05, 0.1) is 27.7 Å². The summed E-state index contributed by atoms with van der Waals surface area (Å²) in [6, 6.07) is 0. The molecular weight excluding hydrogens is 1180 g/mol. The smallest absolute Gasteiger partial charge is 0.462 e. The minimum atomic E-state index is -4.40. The second-order valence-corrected chi connectivity index (χ2v) is 29.2. The Morgan fingerprint density at radius 3 is 0.915 bits per heavy atom. The number of ether oxygens (including phenoxy) is 2. The van der Waals surface area contributed by atoms with Crippen molar-refractivity contribution in [2.45, 2.75) is 367 Å². The van der Waals surface area contributed by atoms with Crippen molar-refractivity contribution in [1.29, 1.82) is 0 Å². The van der Waals surface area contributed by atoms with Crippen molar-refractivity contribution < 1.29 is 42.1 Å². The van der Waals surface area contributed by atoms with Crippen molar-refractivity contribution in [2.75, 3.05) is 47.5 Å². The highest BCUT2D eigenvalue weighted by Crippen LogP contribution is 2.43. The van der Waals surface area contributed by atoms with Gasteiger partial charge >= 0.3 is 19.8 Å². The van der Waals surface area contributed by atoms with Gasteiger partial charge < -0.3 is 18.9 Å². The first-order valence-electron chi connectivity index (χ1n) is 39.6. The molecule has 0 spiro atoms. The number of carbonyl (C=O) groups excluding carboxylic acids is 2. The second-order valence-electron chi connectivity index (χ2n) is 27.7. The molecule has 0 aromatic heterocycles. The van der Waals surface area contributed by atoms with E-state index in [1.807, 2.05) is 21.1 Å². The second kappa shape index (κ2) is 73.9. The quantitative estimate of drug-likeness (QED) is 0.0211. The zero-order valence-corrected chi connectivity index (χ0v) is 63.1. The maximum absolute atomic E-state index is 12.9. The molecule has 0 amide bonds. The van der Waals surface area contributed by atoms with Crippen LogP contribution in [-0.2, 0) is 32.7 Å². The lowest BCUT2D eigenvalue weighted by molar-refractivity contribution is -0.870. The number of carbonyl (C=O) groups is 2. The molecule has 94 heavy (non-hydrogen) atoms. The summed E-state index contributed by atoms with van der Waals surface area (Å²) in [7, 11) is 1.49. The van der Waals surface area contributed by atoms with Crippen molar-refractivity contribution in [3.63, 3.8) is 0 Å². The van der Waals surface area contributed by atoms with E-state index in [0.717, 1.165) is 83.5 Å². The standard InChI is InChI=1S/C84H150NO8P/c1-6-8-10-12-14-16-18-20-22-24-26-28-30-32-34-36-37-38-39-40-41-42-43-44-45-46-47-49-51-53-55-57-59-61-63-65-67-69-71-73-75-77-84(87)93-82(81-92-94(88,89)91-79-78-85(3,4)5)80-90-83(86)76-74-72-70-68-66-64-62-60-58-56-54-52-50-48-35-33-31-29-27-25-23-21-19-17-15-13-11-9-7-2/h8,10,14,16,20,22,25-28,32,34,37-38,40-41,43-44,82H,6-7,9,11-13,15,17-19,21,23-24,29-31,33,35-36,39,42,45-81H2,1-5H3/p+1/b10-8-,16-14-,22-20-,27-25-,28-26-,34-32-,38-37-,41-40-,44-43-. The van der Waals surface area contributed by atoms with Gasteiger partial charge in [0.1, 0.15) is 19.8 Å². The topological polar surface area (TPSA) is 108 Å². The van der Waals surface area contributed by atoms with Crippen molar-refractivity contribution in [3.05, 3.63) is 109 Å². The van der Waals surface area contributed by atoms with E-state index in [1.54, 1.807) is 0 Å². The Bertz CT molecular complexity index is 1960. The molecule has 544 valence electrons. The normalized spacial score (nSPS) is 13.6. The van der Waals surface area contributed by atoms with Crippen LogP contribution in [0.3, 0.4) is 0 Å². The Hall–Kier alpha value is -3.33. The molecule has 0 aromatic rings. The van der Waals surface area contributed by atoms with Crippen LogP contribution >= 0.6 is 7.82 Å². The van der Waals surface area contributed by atoms with Crippen LogP contribution in [-0.4, -0.2) is 74.9 Å². The van der Waals surface area contributed by atoms with Crippen LogP contribution in [0.5, 0.6) is 0 Å². The van der Waals surface area contributed by atoms with Crippen molar-refractivity contribution in [1.82, 2.24) is 0 Å². The van der Waals surface area contributed by atoms with Crippen LogP contribution in [0.25, 0.3) is 0 Å². The Morgan fingerprint density at radius 1 is 0.340 bits per heavy atom. The molecule has 2 atom stereocenters. The molecule has 2 unspecified atom stereocenters. The van der Waals surface area contributed by atoms with Crippen LogP contribution in [0.4, 0.5) is 0 Å². The van der Waals surface area contributed by atoms with Crippen LogP contribution < -0.4 is 0 Å². The Kier molecular flexibility index (Phi) is 71.3. The Labute approximate surface area is 582 Å². The molecule has 0 heterocycles. The molecule has 0 aliphatic carbocycles. The SMILES string of the molecule is CC/C=C\C/C=C\C/C=C\C/C=C\C/C=C\C/C=C\C/C=C\C/C=C\CCCCCCCCCCCCCCCCCCC(=O)OC(COC(=O)CCCCCCCCCCCCCCCCCCC/C=C\CCCCCCCCCC)COP(=O)(O)OCC[N+](C)(C)C. The molecule has 0 fully saturated rings. The van der Waals surface area contributed by atoms with Gasteiger partial charge in [-0.3, -0.25) is 18.6 Å². The predicted octanol–water partition coefficient (Wildman–Crippen LogP) is 26.4. The van der Waals surface area contributed by atoms with E-state index < -0.39 is 26.5 Å². The van der Waals surface area contributed by atoms with Crippen LogP contribution in [0.15, 0.2) is 109 Å². The first-order valence-corrected chi connectivity index (χ1v) is 41.1. The van der Waals surface area contributed by atoms with Gasteiger partial charge in [-0.2, -0.15) is 0 Å². The highest BCUT2D eigenvalue weighted by atomic mass is 31.2. The fourth-order valence-corrected chi connectivity index (χ4v) is 12.0. The molecule has 9 nitrogen and oxygen atoms in total. The number of phosphoric ester groups is 1. The lowest BCUT2D eigenvalue weighted by atomic mass is 10.0. The Morgan fingerprint density at radius 2 is 0.606 bits per heavy atom. The summed E-state index contributed by atoms with van der Waals surface area (Å²) in [4.78, 5) is 36.0. The van der Waals surface area contributed by atoms with E-state index in [2.05, 4.69) is 123 Å². The number of hydrogen-bond donors (Lipinski definition) is 1. The third kappa shape index (κ3) is 77.7. The number of unbranched alkanes of at least 4 members (excludes halogenated alkanes) is 41. The van der Waals surface area contributed by atoms with E-state index in [1.165, 1.54) is 244 Å². The monoisotopic (exact) mass is 1330 g/mol. The van der Waals surface area contributed by atoms with E-state index in [4.69, 9.17) is 18.5 Å². The average molecular weight is 1330 g/mol. The summed E-state index contributed by atoms with van der Waals surface area (Å²) in [5, 5.41) is 0. The molecule has 0 rings (SSSR count). The molecule has 0 aliphatic heterocycles. The molecule has 0 bridgehead atoms. The maximum atomic E-state index is 12.9. The Balaban J connectivity index is 3.97. The number of rotatable bonds is 73. The van der Waals surface area contributed by atoms with Gasteiger partial charge in [0.15, 0.2) is 6.10 Å². The molecule has 1 N–H and O–H groups in total. The summed E-state index contributed by atoms with van der Waals surface area (Å²) in [5.41, 5.74) is 0. The summed E-state index contributed by atoms with van der Waals surface area (Å²) in [5.74, 6) is -0.784. The summed E-state index contributed by atoms with van der Waals surface area (Å²) < 4.78 is 34.8. The molecule has 0 radical (unpaired) electrons. The molecule has 0 aliphatic rings. The zero-order valence-electron chi connectivity index (χ0n) is 62.2. The number of esters is 2. The fourth-order valence-electron chi connectivity index (χ4n) is 11.3. The lowest BCUT2D eigenvalue weighted by Crippen LogP contribution is -2.37. The van der Waals surface area contributed by atoms with Crippen molar-refractivity contribution >= 4 is 19.8 Å². The van der Waals surface area contributed by atoms with E-state index in [-0.39, 0.29) is 25.6 Å². The van der Waals surface area contributed by atoms with Gasteiger partial charge in [0.25, 0.3) is 0 Å². The predicted molar refractivity (Wildman–Crippen MR) is 408 cm³/mol. The van der Waals surface area contributed by atoms with Gasteiger partial charge in [-0.15, -0.1) is 0 Å². The van der Waals surface area contributed by atoms with Crippen LogP contribution in [0.2, 0.25) is 0 Å². The first-order chi connectivity index (χ1) is 46.0. The average Bonchev–Trinajstić information content (AvgIpc) is 1.57. The summed E-state index contributed by atoms with van der Waals surface area (Å²) in [6.45, 7) is 4.37. The molecule has 0 saturated heterocycles. The molecule has 10 heteroatoms. The number of nitrogens with zero attached hydrogens (tertiary/aromatic N) is 1. The fraction of sp³-hybridized carbons (Fsp3) is 0.762. The van der Waals surface area contributed by atoms with Gasteiger partial charge in [-0.1, -0.05) is 354 Å². The van der Waals surface area contributed by atoms with Gasteiger partial charge in [-0.25, -0.2) is 4.57 Å². The van der Waals surface area contributed by atoms with Crippen molar-refractivity contribution in [2.24, 2.45) is 0 Å². The minimum Gasteiger partial charge on any atom is -0.462 e. The molecule has 0 saturated carbocycles. The number of allylic oxidation sites excluding steroid dienone is 18. The third-order valence-electron chi connectivity index (χ3n) is 17.3. The van der Waals surface area contributed by atoms with Crippen LogP contribution in [0, 0.1) is 0 Å². The van der Waals surface area contributed by atoms with Gasteiger partial charge in [0.2, 0.25) is 0 Å². The van der Waals surface area contributed by atoms with Gasteiger partial charge in [-0.05, 0) is 103 Å². The number of likely N-dealkylation sites (N-methyl/N-ethyl adjacent to an activating group) is 1. The van der Waals surface area contributed by atoms with E-state index in [9.17, 15) is 19.0 Å². The maximum Gasteiger partial charge on any atom is 0.472 e. The third-order valence-corrected chi connectivity index (χ3v) is 18.3. The lowest BCUT2D eigenvalue weighted by Gasteiger charge is -2.24. The number of phosphoric acid groups is 1. The number of hydrogen-bond acceptors (Lipinski definition) is 7. The highest BCUT2D eigenvalue weighted by molar-refractivity contribution is 7.47. The molecule has 0 aromatic carbocycles. The molecular formula is C84H151NO8P+. The first kappa shape index (κ1) is 90.7. The number of quaternary nitrogens is 1.